The van der Waals surface area contributed by atoms with Crippen LogP contribution in [0.5, 0.6) is 11.6 Å². The molecule has 118 valence electrons. The lowest BCUT2D eigenvalue weighted by Gasteiger charge is -2.07. The fourth-order valence-electron chi connectivity index (χ4n) is 2.50. The monoisotopic (exact) mass is 351 g/mol. The molecule has 3 aromatic carbocycles. The Kier molecular flexibility index (Phi) is 4.20. The SMILES string of the molecule is Clc1ccc2[nH]c(Oc3ccccc3)c(Sc3ccccc3)c2c1. The van der Waals surface area contributed by atoms with Gasteiger partial charge in [-0.2, -0.15) is 0 Å². The summed E-state index contributed by atoms with van der Waals surface area (Å²) >= 11 is 7.86. The number of aromatic nitrogens is 1. The molecule has 4 rings (SSSR count). The number of H-pyrrole nitrogens is 1. The van der Waals surface area contributed by atoms with Gasteiger partial charge in [0.05, 0.1) is 4.90 Å². The lowest BCUT2D eigenvalue weighted by Crippen LogP contribution is -1.85. The number of ether oxygens (including phenoxy) is 1. The van der Waals surface area contributed by atoms with E-state index in [1.165, 1.54) is 0 Å². The minimum atomic E-state index is 0.711. The van der Waals surface area contributed by atoms with E-state index in [0.29, 0.717) is 5.02 Å². The molecule has 0 spiro atoms. The second-order valence-electron chi connectivity index (χ2n) is 5.30. The van der Waals surface area contributed by atoms with Gasteiger partial charge >= 0.3 is 0 Å². The third-order valence-corrected chi connectivity index (χ3v) is 4.96. The maximum Gasteiger partial charge on any atom is 0.212 e. The highest BCUT2D eigenvalue weighted by Gasteiger charge is 2.15. The van der Waals surface area contributed by atoms with Gasteiger partial charge in [-0.05, 0) is 42.5 Å². The second kappa shape index (κ2) is 6.63. The van der Waals surface area contributed by atoms with Crippen LogP contribution in [0.3, 0.4) is 0 Å². The van der Waals surface area contributed by atoms with Crippen molar-refractivity contribution < 1.29 is 4.74 Å². The third-order valence-electron chi connectivity index (χ3n) is 3.61. The van der Waals surface area contributed by atoms with Crippen molar-refractivity contribution in [3.05, 3.63) is 83.9 Å². The van der Waals surface area contributed by atoms with Crippen LogP contribution in [-0.2, 0) is 0 Å². The Labute approximate surface area is 149 Å². The van der Waals surface area contributed by atoms with Crippen molar-refractivity contribution in [3.63, 3.8) is 0 Å². The predicted octanol–water partition coefficient (Wildman–Crippen LogP) is 6.76. The number of para-hydroxylation sites is 1. The molecule has 0 aliphatic heterocycles. The summed E-state index contributed by atoms with van der Waals surface area (Å²) in [6.45, 7) is 0. The molecule has 4 heteroatoms. The quantitative estimate of drug-likeness (QED) is 0.439. The van der Waals surface area contributed by atoms with Gasteiger partial charge in [0.2, 0.25) is 5.88 Å². The predicted molar refractivity (Wildman–Crippen MR) is 100 cm³/mol. The first-order valence-electron chi connectivity index (χ1n) is 7.56. The minimum Gasteiger partial charge on any atom is -0.440 e. The number of hydrogen-bond acceptors (Lipinski definition) is 2. The van der Waals surface area contributed by atoms with Crippen LogP contribution < -0.4 is 4.74 Å². The summed E-state index contributed by atoms with van der Waals surface area (Å²) in [7, 11) is 0. The van der Waals surface area contributed by atoms with Gasteiger partial charge in [-0.15, -0.1) is 0 Å². The molecule has 24 heavy (non-hydrogen) atoms. The van der Waals surface area contributed by atoms with Crippen molar-refractivity contribution in [2.75, 3.05) is 0 Å². The Morgan fingerprint density at radius 2 is 1.54 bits per heavy atom. The topological polar surface area (TPSA) is 25.0 Å². The van der Waals surface area contributed by atoms with E-state index in [4.69, 9.17) is 16.3 Å². The van der Waals surface area contributed by atoms with E-state index in [0.717, 1.165) is 32.3 Å². The maximum absolute atomic E-state index is 6.20. The van der Waals surface area contributed by atoms with E-state index in [2.05, 4.69) is 17.1 Å². The van der Waals surface area contributed by atoms with Crippen molar-refractivity contribution in [1.29, 1.82) is 0 Å². The zero-order chi connectivity index (χ0) is 16.4. The molecule has 1 N–H and O–H groups in total. The molecule has 0 aliphatic carbocycles. The number of fused-ring (bicyclic) bond motifs is 1. The molecule has 0 saturated carbocycles. The van der Waals surface area contributed by atoms with Crippen LogP contribution in [0.2, 0.25) is 5.02 Å². The van der Waals surface area contributed by atoms with Gasteiger partial charge in [-0.3, -0.25) is 0 Å². The van der Waals surface area contributed by atoms with Crippen molar-refractivity contribution in [2.45, 2.75) is 9.79 Å². The molecule has 1 heterocycles. The van der Waals surface area contributed by atoms with Crippen molar-refractivity contribution in [1.82, 2.24) is 4.98 Å². The molecule has 0 radical (unpaired) electrons. The van der Waals surface area contributed by atoms with Crippen LogP contribution in [0.15, 0.2) is 88.7 Å². The lowest BCUT2D eigenvalue weighted by atomic mass is 10.2. The third kappa shape index (κ3) is 3.14. The molecular formula is C20H14ClNOS. The van der Waals surface area contributed by atoms with Crippen molar-refractivity contribution in [3.8, 4) is 11.6 Å². The van der Waals surface area contributed by atoms with Crippen LogP contribution in [0.4, 0.5) is 0 Å². The number of rotatable bonds is 4. The number of nitrogens with one attached hydrogen (secondary N) is 1. The summed E-state index contributed by atoms with van der Waals surface area (Å²) in [5.74, 6) is 1.53. The number of halogens is 1. The molecule has 0 unspecified atom stereocenters. The van der Waals surface area contributed by atoms with Crippen molar-refractivity contribution >= 4 is 34.3 Å². The second-order valence-corrected chi connectivity index (χ2v) is 6.82. The molecule has 0 atom stereocenters. The highest BCUT2D eigenvalue weighted by atomic mass is 35.5. The molecule has 0 fully saturated rings. The fourth-order valence-corrected chi connectivity index (χ4v) is 3.67. The van der Waals surface area contributed by atoms with Crippen LogP contribution in [-0.4, -0.2) is 4.98 Å². The van der Waals surface area contributed by atoms with Gasteiger partial charge in [-0.25, -0.2) is 0 Å². The summed E-state index contributed by atoms with van der Waals surface area (Å²) in [5.41, 5.74) is 1.00. The molecule has 4 aromatic rings. The largest absolute Gasteiger partial charge is 0.440 e. The van der Waals surface area contributed by atoms with E-state index in [1.807, 2.05) is 66.7 Å². The van der Waals surface area contributed by atoms with E-state index < -0.39 is 0 Å². The smallest absolute Gasteiger partial charge is 0.212 e. The Balaban J connectivity index is 1.81. The molecule has 0 aliphatic rings. The first-order valence-corrected chi connectivity index (χ1v) is 8.76. The Morgan fingerprint density at radius 1 is 0.833 bits per heavy atom. The summed E-state index contributed by atoms with van der Waals surface area (Å²) in [6, 6.07) is 25.8. The number of hydrogen-bond donors (Lipinski definition) is 1. The van der Waals surface area contributed by atoms with E-state index in [9.17, 15) is 0 Å². The van der Waals surface area contributed by atoms with Gasteiger partial charge in [0, 0.05) is 20.8 Å². The molecule has 0 amide bonds. The Hall–Kier alpha value is -2.36. The molecule has 2 nitrogen and oxygen atoms in total. The first-order chi connectivity index (χ1) is 11.8. The molecular weight excluding hydrogens is 338 g/mol. The normalized spacial score (nSPS) is 10.9. The molecule has 0 bridgehead atoms. The standard InChI is InChI=1S/C20H14ClNOS/c21-14-11-12-18-17(13-14)19(24-16-9-5-2-6-10-16)20(22-18)23-15-7-3-1-4-8-15/h1-13,22H. The van der Waals surface area contributed by atoms with E-state index >= 15 is 0 Å². The minimum absolute atomic E-state index is 0.711. The van der Waals surface area contributed by atoms with E-state index in [1.54, 1.807) is 11.8 Å². The van der Waals surface area contributed by atoms with E-state index in [-0.39, 0.29) is 0 Å². The average molecular weight is 352 g/mol. The Bertz CT molecular complexity index is 967. The van der Waals surface area contributed by atoms with Crippen molar-refractivity contribution in [2.24, 2.45) is 0 Å². The average Bonchev–Trinajstić information content (AvgIpc) is 2.94. The highest BCUT2D eigenvalue weighted by molar-refractivity contribution is 7.99. The van der Waals surface area contributed by atoms with Crippen LogP contribution in [0.25, 0.3) is 10.9 Å². The summed E-state index contributed by atoms with van der Waals surface area (Å²) in [4.78, 5) is 5.54. The van der Waals surface area contributed by atoms with Crippen LogP contribution in [0.1, 0.15) is 0 Å². The zero-order valence-electron chi connectivity index (χ0n) is 12.7. The summed E-state index contributed by atoms with van der Waals surface area (Å²) in [5, 5.41) is 1.77. The first kappa shape index (κ1) is 15.2. The van der Waals surface area contributed by atoms with Gasteiger partial charge in [0.1, 0.15) is 5.75 Å². The zero-order valence-corrected chi connectivity index (χ0v) is 14.3. The van der Waals surface area contributed by atoms with Crippen LogP contribution >= 0.6 is 23.4 Å². The summed E-state index contributed by atoms with van der Waals surface area (Å²) < 4.78 is 6.09. The highest BCUT2D eigenvalue weighted by Crippen LogP contribution is 2.42. The number of aromatic amines is 1. The summed E-state index contributed by atoms with van der Waals surface area (Å²) in [6.07, 6.45) is 0. The van der Waals surface area contributed by atoms with Gasteiger partial charge < -0.3 is 9.72 Å². The molecule has 0 saturated heterocycles. The lowest BCUT2D eigenvalue weighted by molar-refractivity contribution is 0.457. The van der Waals surface area contributed by atoms with Crippen LogP contribution in [0, 0.1) is 0 Å². The fraction of sp³-hybridized carbons (Fsp3) is 0. The maximum atomic E-state index is 6.20. The van der Waals surface area contributed by atoms with Gasteiger partial charge in [0.25, 0.3) is 0 Å². The molecule has 1 aromatic heterocycles. The van der Waals surface area contributed by atoms with Gasteiger partial charge in [0.15, 0.2) is 0 Å². The Morgan fingerprint density at radius 3 is 2.29 bits per heavy atom. The number of benzene rings is 3. The van der Waals surface area contributed by atoms with Gasteiger partial charge in [-0.1, -0.05) is 59.8 Å².